The van der Waals surface area contributed by atoms with Crippen LogP contribution in [0.5, 0.6) is 5.75 Å². The lowest BCUT2D eigenvalue weighted by Gasteiger charge is -2.35. The van der Waals surface area contributed by atoms with E-state index >= 15 is 0 Å². The molecule has 3 rings (SSSR count). The van der Waals surface area contributed by atoms with Crippen LogP contribution in [0.15, 0.2) is 54.6 Å². The van der Waals surface area contributed by atoms with Crippen LogP contribution in [-0.4, -0.2) is 60.2 Å². The van der Waals surface area contributed by atoms with E-state index in [0.717, 1.165) is 24.5 Å². The van der Waals surface area contributed by atoms with Gasteiger partial charge in [-0.3, -0.25) is 14.8 Å². The number of methoxy groups -OCH3 is 1. The number of hydroxylamine groups is 1. The van der Waals surface area contributed by atoms with Gasteiger partial charge in [-0.2, -0.15) is 0 Å². The van der Waals surface area contributed by atoms with Gasteiger partial charge in [0.05, 0.1) is 18.5 Å². The Morgan fingerprint density at radius 1 is 1.00 bits per heavy atom. The Hall–Kier alpha value is -3.65. The number of aromatic nitrogens is 1. The van der Waals surface area contributed by atoms with Crippen molar-refractivity contribution in [2.45, 2.75) is 0 Å². The minimum atomic E-state index is -0.637. The van der Waals surface area contributed by atoms with Crippen molar-refractivity contribution in [3.63, 3.8) is 0 Å². The summed E-state index contributed by atoms with van der Waals surface area (Å²) in [7, 11) is 1.64. The second-order valence-electron chi connectivity index (χ2n) is 6.64. The quantitative estimate of drug-likeness (QED) is 0.431. The predicted molar refractivity (Wildman–Crippen MR) is 114 cm³/mol. The summed E-state index contributed by atoms with van der Waals surface area (Å²) in [6, 6.07) is 13.2. The van der Waals surface area contributed by atoms with Gasteiger partial charge in [0.25, 0.3) is 5.91 Å². The molecule has 0 radical (unpaired) electrons. The molecule has 1 saturated heterocycles. The Kier molecular flexibility index (Phi) is 7.18. The Morgan fingerprint density at radius 2 is 1.63 bits per heavy atom. The topological polar surface area (TPSA) is 95.0 Å². The van der Waals surface area contributed by atoms with Gasteiger partial charge >= 0.3 is 0 Å². The van der Waals surface area contributed by atoms with E-state index in [1.807, 2.05) is 29.2 Å². The first-order valence-corrected chi connectivity index (χ1v) is 9.54. The molecule has 156 valence electrons. The fourth-order valence-corrected chi connectivity index (χ4v) is 3.09. The summed E-state index contributed by atoms with van der Waals surface area (Å²) in [4.78, 5) is 32.0. The molecule has 0 unspecified atom stereocenters. The number of ether oxygens (including phenoxy) is 1. The van der Waals surface area contributed by atoms with E-state index in [9.17, 15) is 9.59 Å². The van der Waals surface area contributed by atoms with Gasteiger partial charge in [0, 0.05) is 44.0 Å². The minimum Gasteiger partial charge on any atom is -0.497 e. The maximum absolute atomic E-state index is 12.5. The Bertz CT molecular complexity index is 932. The van der Waals surface area contributed by atoms with Gasteiger partial charge in [-0.25, -0.2) is 10.5 Å². The number of pyridine rings is 1. The number of benzene rings is 1. The third-order valence-electron chi connectivity index (χ3n) is 4.73. The van der Waals surface area contributed by atoms with Gasteiger partial charge in [0.15, 0.2) is 0 Å². The van der Waals surface area contributed by atoms with Crippen molar-refractivity contribution < 1.29 is 19.5 Å². The number of nitrogens with zero attached hydrogens (tertiary/aromatic N) is 3. The first kappa shape index (κ1) is 21.1. The molecule has 0 spiro atoms. The normalized spacial score (nSPS) is 14.3. The van der Waals surface area contributed by atoms with Crippen molar-refractivity contribution in [2.75, 3.05) is 38.2 Å². The van der Waals surface area contributed by atoms with Crippen molar-refractivity contribution in [3.05, 3.63) is 66.0 Å². The average molecular weight is 408 g/mol. The zero-order valence-electron chi connectivity index (χ0n) is 16.7. The summed E-state index contributed by atoms with van der Waals surface area (Å²) in [5.74, 6) is 0.121. The van der Waals surface area contributed by atoms with Crippen LogP contribution in [0.4, 0.5) is 5.69 Å². The number of hydrogen-bond donors (Lipinski definition) is 2. The predicted octanol–water partition coefficient (Wildman–Crippen LogP) is 1.97. The zero-order chi connectivity index (χ0) is 21.3. The molecular formula is C22H24N4O4. The van der Waals surface area contributed by atoms with E-state index < -0.39 is 5.91 Å². The number of carbonyl (C=O) groups is 2. The van der Waals surface area contributed by atoms with Crippen LogP contribution >= 0.6 is 0 Å². The summed E-state index contributed by atoms with van der Waals surface area (Å²) in [6.45, 7) is 2.80. The average Bonchev–Trinajstić information content (AvgIpc) is 2.81. The van der Waals surface area contributed by atoms with Crippen LogP contribution in [-0.2, 0) is 9.59 Å². The first-order chi connectivity index (χ1) is 14.6. The maximum atomic E-state index is 12.5. The van der Waals surface area contributed by atoms with Gasteiger partial charge in [0.1, 0.15) is 5.75 Å². The van der Waals surface area contributed by atoms with Crippen molar-refractivity contribution >= 4 is 29.7 Å². The highest BCUT2D eigenvalue weighted by Gasteiger charge is 2.19. The maximum Gasteiger partial charge on any atom is 0.267 e. The molecule has 30 heavy (non-hydrogen) atoms. The van der Waals surface area contributed by atoms with Gasteiger partial charge in [-0.15, -0.1) is 0 Å². The molecule has 1 fully saturated rings. The van der Waals surface area contributed by atoms with Crippen molar-refractivity contribution in [1.82, 2.24) is 15.4 Å². The number of piperazine rings is 1. The summed E-state index contributed by atoms with van der Waals surface area (Å²) in [5, 5.41) is 8.51. The van der Waals surface area contributed by atoms with Gasteiger partial charge in [0.2, 0.25) is 5.91 Å². The fraction of sp³-hybridized carbons (Fsp3) is 0.227. The second-order valence-corrected chi connectivity index (χ2v) is 6.64. The molecule has 2 N–H and O–H groups in total. The molecule has 1 aromatic carbocycles. The van der Waals surface area contributed by atoms with Crippen molar-refractivity contribution in [3.8, 4) is 5.75 Å². The summed E-state index contributed by atoms with van der Waals surface area (Å²) in [5.41, 5.74) is 3.78. The molecule has 8 heteroatoms. The molecule has 0 saturated carbocycles. The van der Waals surface area contributed by atoms with Crippen LogP contribution in [0, 0.1) is 0 Å². The van der Waals surface area contributed by atoms with Crippen molar-refractivity contribution in [1.29, 1.82) is 0 Å². The summed E-state index contributed by atoms with van der Waals surface area (Å²) < 4.78 is 5.19. The van der Waals surface area contributed by atoms with Gasteiger partial charge < -0.3 is 14.5 Å². The largest absolute Gasteiger partial charge is 0.497 e. The molecule has 2 amide bonds. The van der Waals surface area contributed by atoms with E-state index in [2.05, 4.69) is 9.88 Å². The lowest BCUT2D eigenvalue weighted by molar-refractivity contribution is -0.126. The molecule has 0 atom stereocenters. The third kappa shape index (κ3) is 5.68. The highest BCUT2D eigenvalue weighted by molar-refractivity contribution is 5.92. The second kappa shape index (κ2) is 10.2. The zero-order valence-corrected chi connectivity index (χ0v) is 16.7. The van der Waals surface area contributed by atoms with Gasteiger partial charge in [-0.05, 0) is 48.6 Å². The van der Waals surface area contributed by atoms with E-state index in [1.54, 1.807) is 31.4 Å². The number of amides is 2. The first-order valence-electron chi connectivity index (χ1n) is 9.54. The summed E-state index contributed by atoms with van der Waals surface area (Å²) in [6.07, 6.45) is 5.81. The molecule has 1 aromatic heterocycles. The lowest BCUT2D eigenvalue weighted by Crippen LogP contribution is -2.48. The Labute approximate surface area is 175 Å². The standard InChI is InChI=1S/C22H24N4O4/c1-30-20-9-7-19(8-10-20)25-13-15-26(16-14-25)22(28)12-6-18-4-2-3-17(23-18)5-11-21(27)24-29/h2-12,29H,13-16H2,1H3,(H,24,27). The molecule has 1 aliphatic heterocycles. The highest BCUT2D eigenvalue weighted by Crippen LogP contribution is 2.20. The fourth-order valence-electron chi connectivity index (χ4n) is 3.09. The number of anilines is 1. The van der Waals surface area contributed by atoms with E-state index in [-0.39, 0.29) is 5.91 Å². The minimum absolute atomic E-state index is 0.0632. The SMILES string of the molecule is COc1ccc(N2CCN(C(=O)C=Cc3cccc(C=CC(=O)NO)n3)CC2)cc1. The summed E-state index contributed by atoms with van der Waals surface area (Å²) >= 11 is 0. The molecule has 2 heterocycles. The Morgan fingerprint density at radius 3 is 2.23 bits per heavy atom. The molecular weight excluding hydrogens is 384 g/mol. The van der Waals surface area contributed by atoms with Gasteiger partial charge in [-0.1, -0.05) is 6.07 Å². The molecule has 0 aliphatic carbocycles. The smallest absolute Gasteiger partial charge is 0.267 e. The van der Waals surface area contributed by atoms with Crippen LogP contribution in [0.3, 0.4) is 0 Å². The van der Waals surface area contributed by atoms with Crippen LogP contribution < -0.4 is 15.1 Å². The van der Waals surface area contributed by atoms with Crippen LogP contribution in [0.2, 0.25) is 0 Å². The lowest BCUT2D eigenvalue weighted by atomic mass is 10.2. The van der Waals surface area contributed by atoms with Crippen LogP contribution in [0.25, 0.3) is 12.2 Å². The molecule has 0 bridgehead atoms. The number of rotatable bonds is 6. The number of hydrogen-bond acceptors (Lipinski definition) is 6. The van der Waals surface area contributed by atoms with E-state index in [1.165, 1.54) is 23.7 Å². The molecule has 8 nitrogen and oxygen atoms in total. The highest BCUT2D eigenvalue weighted by atomic mass is 16.5. The van der Waals surface area contributed by atoms with E-state index in [0.29, 0.717) is 24.5 Å². The third-order valence-corrected chi connectivity index (χ3v) is 4.73. The monoisotopic (exact) mass is 408 g/mol. The molecule has 2 aromatic rings. The molecule has 1 aliphatic rings. The van der Waals surface area contributed by atoms with Crippen molar-refractivity contribution in [2.24, 2.45) is 0 Å². The number of carbonyl (C=O) groups excluding carboxylic acids is 2. The Balaban J connectivity index is 1.54. The van der Waals surface area contributed by atoms with Crippen LogP contribution in [0.1, 0.15) is 11.4 Å². The van der Waals surface area contributed by atoms with E-state index in [4.69, 9.17) is 9.94 Å². The number of nitrogens with one attached hydrogen (secondary N) is 1.